The van der Waals surface area contributed by atoms with Gasteiger partial charge in [0.25, 0.3) is 0 Å². The maximum atomic E-state index is 15.1. The molecule has 0 radical (unpaired) electrons. The molecule has 2 aromatic heterocycles. The van der Waals surface area contributed by atoms with Crippen LogP contribution >= 0.6 is 11.6 Å². The van der Waals surface area contributed by atoms with E-state index in [0.717, 1.165) is 24.1 Å². The van der Waals surface area contributed by atoms with Crippen LogP contribution in [0, 0.1) is 5.82 Å². The van der Waals surface area contributed by atoms with Gasteiger partial charge in [0.2, 0.25) is 0 Å². The molecule has 0 spiro atoms. The standard InChI is InChI=1S/C30H36ClF2N7O.C2H4/c1-18(36-11-4-12-37-19(2)34)21-7-9-24(10-8-21)40-17-22-15-27(38-29(22)39-30(40)41)25-13-20(14-26(31)28(25)33)5-3-6-23(35)16-32;1-2/h7-10,13-15,17-18,23,36H,3-6,11-12,16,35H2,1-2H3,(H2,34,37)(H,38,39,41);1-2H2. The molecule has 230 valence electrons. The van der Waals surface area contributed by atoms with E-state index in [9.17, 15) is 9.18 Å². The summed E-state index contributed by atoms with van der Waals surface area (Å²) in [6, 6.07) is 12.3. The van der Waals surface area contributed by atoms with Crippen molar-refractivity contribution in [1.29, 1.82) is 0 Å². The molecule has 2 atom stereocenters. The van der Waals surface area contributed by atoms with Crippen molar-refractivity contribution < 1.29 is 8.78 Å². The summed E-state index contributed by atoms with van der Waals surface area (Å²) < 4.78 is 29.2. The van der Waals surface area contributed by atoms with E-state index in [4.69, 9.17) is 23.1 Å². The number of nitrogens with two attached hydrogens (primary N) is 2. The van der Waals surface area contributed by atoms with Crippen molar-refractivity contribution in [2.75, 3.05) is 19.8 Å². The Morgan fingerprint density at radius 1 is 1.21 bits per heavy atom. The second kappa shape index (κ2) is 16.1. The number of alkyl halides is 1. The smallest absolute Gasteiger partial charge is 0.354 e. The molecule has 4 aromatic rings. The third kappa shape index (κ3) is 9.06. The van der Waals surface area contributed by atoms with Crippen molar-refractivity contribution in [2.45, 2.75) is 51.6 Å². The van der Waals surface area contributed by atoms with Crippen LogP contribution in [0.4, 0.5) is 8.78 Å². The lowest BCUT2D eigenvalue weighted by Gasteiger charge is -2.15. The Balaban J connectivity index is 0.00000248. The van der Waals surface area contributed by atoms with Gasteiger partial charge in [-0.2, -0.15) is 4.98 Å². The number of aryl methyl sites for hydroxylation is 1. The molecule has 2 heterocycles. The van der Waals surface area contributed by atoms with Gasteiger partial charge in [-0.1, -0.05) is 23.7 Å². The molecule has 11 heteroatoms. The topological polar surface area (TPSA) is 127 Å². The van der Waals surface area contributed by atoms with Crippen molar-refractivity contribution in [3.63, 3.8) is 0 Å². The molecule has 2 aromatic carbocycles. The van der Waals surface area contributed by atoms with E-state index in [1.165, 1.54) is 4.57 Å². The van der Waals surface area contributed by atoms with Crippen molar-refractivity contribution >= 4 is 28.5 Å². The molecule has 0 aliphatic carbocycles. The zero-order valence-corrected chi connectivity index (χ0v) is 25.4. The summed E-state index contributed by atoms with van der Waals surface area (Å²) in [6.07, 6.45) is 4.31. The molecule has 0 saturated heterocycles. The van der Waals surface area contributed by atoms with Crippen LogP contribution in [0.2, 0.25) is 5.02 Å². The minimum absolute atomic E-state index is 0.0125. The lowest BCUT2D eigenvalue weighted by Crippen LogP contribution is -2.22. The molecule has 0 saturated carbocycles. The Kier molecular flexibility index (Phi) is 12.6. The number of halogens is 3. The monoisotopic (exact) mass is 611 g/mol. The van der Waals surface area contributed by atoms with Gasteiger partial charge in [-0.05, 0) is 87.5 Å². The zero-order valence-electron chi connectivity index (χ0n) is 24.7. The first-order valence-electron chi connectivity index (χ1n) is 14.2. The summed E-state index contributed by atoms with van der Waals surface area (Å²) in [6.45, 7) is 10.8. The van der Waals surface area contributed by atoms with E-state index in [2.05, 4.69) is 40.4 Å². The highest BCUT2D eigenvalue weighted by atomic mass is 35.5. The fraction of sp³-hybridized carbons (Fsp3) is 0.344. The summed E-state index contributed by atoms with van der Waals surface area (Å²) >= 11 is 6.20. The molecule has 0 fully saturated rings. The summed E-state index contributed by atoms with van der Waals surface area (Å²) in [5.41, 5.74) is 14.4. The van der Waals surface area contributed by atoms with Gasteiger partial charge in [0.15, 0.2) is 5.82 Å². The average molecular weight is 612 g/mol. The summed E-state index contributed by atoms with van der Waals surface area (Å²) in [4.78, 5) is 24.3. The largest absolute Gasteiger partial charge is 0.388 e. The average Bonchev–Trinajstić information content (AvgIpc) is 3.41. The van der Waals surface area contributed by atoms with Gasteiger partial charge in [0.1, 0.15) is 12.3 Å². The molecule has 8 nitrogen and oxygen atoms in total. The molecule has 2 unspecified atom stereocenters. The molecule has 0 aliphatic heterocycles. The summed E-state index contributed by atoms with van der Waals surface area (Å²) in [5.74, 6) is 0.0140. The fourth-order valence-corrected chi connectivity index (χ4v) is 4.89. The molecular weight excluding hydrogens is 572 g/mol. The van der Waals surface area contributed by atoms with Gasteiger partial charge < -0.3 is 21.8 Å². The number of aromatic amines is 1. The van der Waals surface area contributed by atoms with Gasteiger partial charge in [0.05, 0.1) is 22.2 Å². The van der Waals surface area contributed by atoms with Crippen LogP contribution < -0.4 is 22.5 Å². The Bertz CT molecular complexity index is 1580. The molecule has 4 rings (SSSR count). The van der Waals surface area contributed by atoms with Crippen molar-refractivity contribution in [2.24, 2.45) is 16.5 Å². The van der Waals surface area contributed by atoms with E-state index in [-0.39, 0.29) is 16.6 Å². The van der Waals surface area contributed by atoms with Crippen LogP contribution in [0.25, 0.3) is 28.0 Å². The minimum atomic E-state index is -0.578. The number of benzene rings is 2. The highest BCUT2D eigenvalue weighted by molar-refractivity contribution is 6.31. The van der Waals surface area contributed by atoms with Crippen LogP contribution in [-0.4, -0.2) is 46.2 Å². The maximum absolute atomic E-state index is 15.1. The Hall–Kier alpha value is -3.86. The third-order valence-electron chi connectivity index (χ3n) is 6.94. The molecular formula is C32H40ClF2N7O. The van der Waals surface area contributed by atoms with Crippen LogP contribution in [0.1, 0.15) is 50.3 Å². The Morgan fingerprint density at radius 3 is 2.60 bits per heavy atom. The van der Waals surface area contributed by atoms with Crippen LogP contribution in [-0.2, 0) is 6.42 Å². The van der Waals surface area contributed by atoms with E-state index < -0.39 is 24.2 Å². The lowest BCUT2D eigenvalue weighted by atomic mass is 10.0. The third-order valence-corrected chi connectivity index (χ3v) is 7.22. The van der Waals surface area contributed by atoms with Gasteiger partial charge in [0, 0.05) is 35.8 Å². The van der Waals surface area contributed by atoms with E-state index in [1.807, 2.05) is 24.3 Å². The fourth-order valence-electron chi connectivity index (χ4n) is 4.65. The van der Waals surface area contributed by atoms with Crippen LogP contribution in [0.5, 0.6) is 0 Å². The SMILES string of the molecule is C=C.CC(N)=NCCCNC(C)c1ccc(-n2cc3cc(-c4cc(CCCC(N)CF)cc(Cl)c4F)[nH]c3nc2=O)cc1. The predicted molar refractivity (Wildman–Crippen MR) is 173 cm³/mol. The van der Waals surface area contributed by atoms with Crippen molar-refractivity contribution in [1.82, 2.24) is 19.9 Å². The first-order valence-corrected chi connectivity index (χ1v) is 14.6. The van der Waals surface area contributed by atoms with Gasteiger partial charge >= 0.3 is 5.69 Å². The number of nitrogens with zero attached hydrogens (tertiary/aromatic N) is 3. The van der Waals surface area contributed by atoms with Gasteiger partial charge in [-0.3, -0.25) is 9.56 Å². The molecule has 0 aliphatic rings. The number of hydrogen-bond acceptors (Lipinski definition) is 5. The Morgan fingerprint density at radius 2 is 1.93 bits per heavy atom. The quantitative estimate of drug-likeness (QED) is 0.0637. The molecule has 0 bridgehead atoms. The van der Waals surface area contributed by atoms with Gasteiger partial charge in [-0.25, -0.2) is 13.6 Å². The number of nitrogens with one attached hydrogen (secondary N) is 2. The second-order valence-corrected chi connectivity index (χ2v) is 10.7. The molecule has 0 amide bonds. The van der Waals surface area contributed by atoms with Gasteiger partial charge in [-0.15, -0.1) is 13.2 Å². The first kappa shape index (κ1) is 33.6. The first-order chi connectivity index (χ1) is 20.7. The van der Waals surface area contributed by atoms with E-state index in [0.29, 0.717) is 54.1 Å². The van der Waals surface area contributed by atoms with Crippen molar-refractivity contribution in [3.05, 3.63) is 94.3 Å². The second-order valence-electron chi connectivity index (χ2n) is 10.3. The predicted octanol–water partition coefficient (Wildman–Crippen LogP) is 6.01. The number of aromatic nitrogens is 3. The molecule has 43 heavy (non-hydrogen) atoms. The maximum Gasteiger partial charge on any atom is 0.354 e. The van der Waals surface area contributed by atoms with Crippen LogP contribution in [0.15, 0.2) is 71.6 Å². The molecule has 6 N–H and O–H groups in total. The number of amidine groups is 1. The van der Waals surface area contributed by atoms with E-state index >= 15 is 4.39 Å². The highest BCUT2D eigenvalue weighted by Crippen LogP contribution is 2.31. The number of H-pyrrole nitrogens is 1. The normalized spacial score (nSPS) is 13.0. The number of rotatable bonds is 13. The number of hydrogen-bond donors (Lipinski definition) is 4. The Labute approximate surface area is 255 Å². The lowest BCUT2D eigenvalue weighted by molar-refractivity contribution is 0.407. The van der Waals surface area contributed by atoms with Crippen molar-refractivity contribution in [3.8, 4) is 16.9 Å². The minimum Gasteiger partial charge on any atom is -0.388 e. The highest BCUT2D eigenvalue weighted by Gasteiger charge is 2.16. The van der Waals surface area contributed by atoms with Crippen LogP contribution in [0.3, 0.4) is 0 Å². The summed E-state index contributed by atoms with van der Waals surface area (Å²) in [7, 11) is 0. The van der Waals surface area contributed by atoms with E-state index in [1.54, 1.807) is 31.3 Å². The number of aliphatic imine (C=N–C) groups is 1. The zero-order chi connectivity index (χ0) is 31.5. The number of fused-ring (bicyclic) bond motifs is 1. The summed E-state index contributed by atoms with van der Waals surface area (Å²) in [5, 5.41) is 4.09.